The van der Waals surface area contributed by atoms with E-state index in [4.69, 9.17) is 14.2 Å². The Balaban J connectivity index is 1.91. The summed E-state index contributed by atoms with van der Waals surface area (Å²) in [6, 6.07) is 15.9. The van der Waals surface area contributed by atoms with Crippen LogP contribution < -0.4 is 14.2 Å². The highest BCUT2D eigenvalue weighted by atomic mass is 19.1. The Morgan fingerprint density at radius 3 is 1.95 bits per heavy atom. The fourth-order valence-corrected chi connectivity index (χ4v) is 3.16. The van der Waals surface area contributed by atoms with E-state index in [0.29, 0.717) is 22.4 Å². The van der Waals surface area contributed by atoms with Gasteiger partial charge in [-0.05, 0) is 73.9 Å². The second-order valence-corrected chi connectivity index (χ2v) is 8.95. The lowest BCUT2D eigenvalue weighted by atomic mass is 10.0. The van der Waals surface area contributed by atoms with Gasteiger partial charge in [0.05, 0.1) is 0 Å². The number of esters is 2. The number of halogens is 1. The van der Waals surface area contributed by atoms with Crippen LogP contribution in [0.1, 0.15) is 31.9 Å². The van der Waals surface area contributed by atoms with Gasteiger partial charge in [0.15, 0.2) is 0 Å². The van der Waals surface area contributed by atoms with Gasteiger partial charge in [0.2, 0.25) is 6.29 Å². The number of aliphatic hydroxyl groups is 1. The van der Waals surface area contributed by atoms with Crippen molar-refractivity contribution in [1.82, 2.24) is 0 Å². The Morgan fingerprint density at radius 2 is 1.38 bits per heavy atom. The fourth-order valence-electron chi connectivity index (χ4n) is 3.16. The highest BCUT2D eigenvalue weighted by Crippen LogP contribution is 2.35. The molecule has 200 valence electrons. The summed E-state index contributed by atoms with van der Waals surface area (Å²) in [5.74, 6) is -0.887. The molecular weight excluding hydrogens is 499 g/mol. The first-order chi connectivity index (χ1) is 18.4. The molecule has 0 spiro atoms. The first-order valence-electron chi connectivity index (χ1n) is 11.9. The quantitative estimate of drug-likeness (QED) is 0.0770. The molecular formula is C32H29FO6. The molecule has 6 nitrogen and oxygen atoms in total. The van der Waals surface area contributed by atoms with Gasteiger partial charge >= 0.3 is 11.9 Å². The van der Waals surface area contributed by atoms with E-state index in [1.807, 2.05) is 0 Å². The van der Waals surface area contributed by atoms with Crippen molar-refractivity contribution in [2.45, 2.75) is 27.1 Å². The third-order valence-electron chi connectivity index (χ3n) is 5.38. The lowest BCUT2D eigenvalue weighted by Gasteiger charge is -2.13. The van der Waals surface area contributed by atoms with E-state index < -0.39 is 24.0 Å². The van der Waals surface area contributed by atoms with E-state index in [1.54, 1.807) is 67.6 Å². The van der Waals surface area contributed by atoms with Gasteiger partial charge in [-0.2, -0.15) is 0 Å². The zero-order valence-corrected chi connectivity index (χ0v) is 22.0. The van der Waals surface area contributed by atoms with Gasteiger partial charge in [-0.15, -0.1) is 0 Å². The van der Waals surface area contributed by atoms with Gasteiger partial charge in [-0.1, -0.05) is 56.2 Å². The average molecular weight is 529 g/mol. The Morgan fingerprint density at radius 1 is 0.821 bits per heavy atom. The van der Waals surface area contributed by atoms with E-state index in [1.165, 1.54) is 26.0 Å². The summed E-state index contributed by atoms with van der Waals surface area (Å²) >= 11 is 0. The van der Waals surface area contributed by atoms with Crippen LogP contribution in [0.15, 0.2) is 97.1 Å². The molecule has 3 aromatic rings. The molecule has 7 heteroatoms. The molecule has 0 radical (unpaired) electrons. The van der Waals surface area contributed by atoms with E-state index in [9.17, 15) is 14.7 Å². The summed E-state index contributed by atoms with van der Waals surface area (Å²) in [5.41, 5.74) is 2.71. The molecule has 1 N–H and O–H groups in total. The number of carbonyl (C=O) groups excluding carboxylic acids is 2. The van der Waals surface area contributed by atoms with Crippen molar-refractivity contribution in [3.05, 3.63) is 114 Å². The SMILES string of the molecule is C=C(C)C(=O)Oc1ccc(-c2cc(F)c(/C=C/c3ccc(OC(O)C(=C)C)cc3)cc2OC(=O)C(=C)C)cc1. The van der Waals surface area contributed by atoms with Crippen molar-refractivity contribution < 1.29 is 33.3 Å². The number of ether oxygens (including phenoxy) is 3. The summed E-state index contributed by atoms with van der Waals surface area (Å²) in [6.45, 7) is 15.5. The number of benzene rings is 3. The topological polar surface area (TPSA) is 82.1 Å². The maximum Gasteiger partial charge on any atom is 0.338 e. The molecule has 0 saturated carbocycles. The van der Waals surface area contributed by atoms with Crippen LogP contribution in [0.25, 0.3) is 23.3 Å². The van der Waals surface area contributed by atoms with Crippen molar-refractivity contribution in [1.29, 1.82) is 0 Å². The summed E-state index contributed by atoms with van der Waals surface area (Å²) in [6.07, 6.45) is 2.13. The Kier molecular flexibility index (Phi) is 9.36. The molecule has 39 heavy (non-hydrogen) atoms. The summed E-state index contributed by atoms with van der Waals surface area (Å²) in [7, 11) is 0. The summed E-state index contributed by atoms with van der Waals surface area (Å²) in [5, 5.41) is 9.79. The first kappa shape index (κ1) is 28.8. The molecule has 0 aliphatic rings. The molecule has 0 aromatic heterocycles. The standard InChI is InChI=1S/C32H29FO6/c1-19(2)30(34)37-25-13-8-22(9-14-25)7-10-24-17-29(39-32(36)21(5)6)27(18-28(24)33)23-11-15-26(16-12-23)38-31(35)20(3)4/h7-18,30,34H,1,3,5H2,2,4,6H3/b10-7+. The maximum atomic E-state index is 15.2. The van der Waals surface area contributed by atoms with E-state index >= 15 is 4.39 Å². The van der Waals surface area contributed by atoms with Gasteiger partial charge in [0.25, 0.3) is 0 Å². The largest absolute Gasteiger partial charge is 0.461 e. The van der Waals surface area contributed by atoms with Crippen molar-refractivity contribution in [3.8, 4) is 28.4 Å². The Bertz CT molecular complexity index is 1450. The Labute approximate surface area is 227 Å². The highest BCUT2D eigenvalue weighted by Gasteiger charge is 2.16. The van der Waals surface area contributed by atoms with Crippen LogP contribution in [0.4, 0.5) is 4.39 Å². The second kappa shape index (κ2) is 12.7. The number of hydrogen-bond donors (Lipinski definition) is 1. The number of rotatable bonds is 10. The highest BCUT2D eigenvalue weighted by molar-refractivity contribution is 5.91. The summed E-state index contributed by atoms with van der Waals surface area (Å²) in [4.78, 5) is 24.1. The third kappa shape index (κ3) is 7.87. The van der Waals surface area contributed by atoms with E-state index in [0.717, 1.165) is 5.56 Å². The zero-order valence-electron chi connectivity index (χ0n) is 22.0. The van der Waals surface area contributed by atoms with Crippen molar-refractivity contribution in [3.63, 3.8) is 0 Å². The van der Waals surface area contributed by atoms with Gasteiger partial charge < -0.3 is 19.3 Å². The molecule has 1 unspecified atom stereocenters. The number of hydrogen-bond acceptors (Lipinski definition) is 6. The molecule has 0 heterocycles. The van der Waals surface area contributed by atoms with Crippen LogP contribution in [-0.4, -0.2) is 23.3 Å². The smallest absolute Gasteiger partial charge is 0.338 e. The van der Waals surface area contributed by atoms with Gasteiger partial charge in [-0.3, -0.25) is 0 Å². The first-order valence-corrected chi connectivity index (χ1v) is 11.9. The lowest BCUT2D eigenvalue weighted by Crippen LogP contribution is -2.15. The molecule has 0 saturated heterocycles. The van der Waals surface area contributed by atoms with Crippen LogP contribution in [0.3, 0.4) is 0 Å². The minimum absolute atomic E-state index is 0.133. The molecule has 3 rings (SSSR count). The van der Waals surface area contributed by atoms with E-state index in [-0.39, 0.29) is 28.2 Å². The number of carbonyl (C=O) groups is 2. The second-order valence-electron chi connectivity index (χ2n) is 8.95. The van der Waals surface area contributed by atoms with E-state index in [2.05, 4.69) is 19.7 Å². The molecule has 3 aromatic carbocycles. The predicted molar refractivity (Wildman–Crippen MR) is 150 cm³/mol. The van der Waals surface area contributed by atoms with Gasteiger partial charge in [-0.25, -0.2) is 14.0 Å². The van der Waals surface area contributed by atoms with Crippen molar-refractivity contribution >= 4 is 24.1 Å². The minimum atomic E-state index is -1.11. The molecule has 0 fully saturated rings. The monoisotopic (exact) mass is 528 g/mol. The van der Waals surface area contributed by atoms with Crippen LogP contribution in [0, 0.1) is 5.82 Å². The summed E-state index contributed by atoms with van der Waals surface area (Å²) < 4.78 is 31.3. The van der Waals surface area contributed by atoms with Crippen LogP contribution in [0.2, 0.25) is 0 Å². The number of aliphatic hydroxyl groups excluding tert-OH is 1. The van der Waals surface area contributed by atoms with Crippen LogP contribution in [0.5, 0.6) is 17.2 Å². The fraction of sp³-hybridized carbons (Fsp3) is 0.125. The average Bonchev–Trinajstić information content (AvgIpc) is 2.89. The van der Waals surface area contributed by atoms with Crippen LogP contribution in [-0.2, 0) is 9.59 Å². The predicted octanol–water partition coefficient (Wildman–Crippen LogP) is 6.90. The molecule has 0 aliphatic carbocycles. The van der Waals surface area contributed by atoms with Crippen molar-refractivity contribution in [2.24, 2.45) is 0 Å². The molecule has 1 atom stereocenters. The maximum absolute atomic E-state index is 15.2. The Hall–Kier alpha value is -4.75. The zero-order chi connectivity index (χ0) is 28.7. The van der Waals surface area contributed by atoms with Crippen LogP contribution >= 0.6 is 0 Å². The van der Waals surface area contributed by atoms with Crippen molar-refractivity contribution in [2.75, 3.05) is 0 Å². The lowest BCUT2D eigenvalue weighted by molar-refractivity contribution is -0.130. The third-order valence-corrected chi connectivity index (χ3v) is 5.38. The molecule has 0 bridgehead atoms. The van der Waals surface area contributed by atoms with Gasteiger partial charge in [0, 0.05) is 22.3 Å². The normalized spacial score (nSPS) is 11.5. The minimum Gasteiger partial charge on any atom is -0.461 e. The molecule has 0 aliphatic heterocycles. The molecule has 0 amide bonds. The van der Waals surface area contributed by atoms with Gasteiger partial charge in [0.1, 0.15) is 23.1 Å².